The van der Waals surface area contributed by atoms with Gasteiger partial charge in [0.05, 0.1) is 17.8 Å². The fourth-order valence-electron chi connectivity index (χ4n) is 1.90. The zero-order valence-corrected chi connectivity index (χ0v) is 11.7. The molecule has 2 N–H and O–H groups in total. The molecule has 0 spiro atoms. The van der Waals surface area contributed by atoms with Gasteiger partial charge in [-0.05, 0) is 38.5 Å². The van der Waals surface area contributed by atoms with Gasteiger partial charge in [0, 0.05) is 18.7 Å². The second-order valence-corrected chi connectivity index (χ2v) is 4.81. The van der Waals surface area contributed by atoms with Crippen molar-refractivity contribution in [3.63, 3.8) is 0 Å². The van der Waals surface area contributed by atoms with Crippen LogP contribution in [-0.4, -0.2) is 30.3 Å². The molecule has 0 radical (unpaired) electrons. The minimum Gasteiger partial charge on any atom is -0.490 e. The SMILES string of the molecule is CC(C)Oc1cc(C(=O)NCCCO)cc2occc12. The van der Waals surface area contributed by atoms with Gasteiger partial charge >= 0.3 is 0 Å². The molecule has 1 aromatic carbocycles. The minimum atomic E-state index is -0.203. The van der Waals surface area contributed by atoms with Crippen molar-refractivity contribution >= 4 is 16.9 Å². The summed E-state index contributed by atoms with van der Waals surface area (Å²) >= 11 is 0. The first-order chi connectivity index (χ1) is 9.61. The molecule has 1 amide bonds. The third kappa shape index (κ3) is 3.30. The number of nitrogens with one attached hydrogen (secondary N) is 1. The predicted octanol–water partition coefficient (Wildman–Crippen LogP) is 2.33. The summed E-state index contributed by atoms with van der Waals surface area (Å²) in [5, 5.41) is 12.3. The third-order valence-electron chi connectivity index (χ3n) is 2.78. The lowest BCUT2D eigenvalue weighted by molar-refractivity contribution is 0.0950. The van der Waals surface area contributed by atoms with Crippen LogP contribution in [0.1, 0.15) is 30.6 Å². The fourth-order valence-corrected chi connectivity index (χ4v) is 1.90. The highest BCUT2D eigenvalue weighted by Crippen LogP contribution is 2.29. The number of ether oxygens (including phenoxy) is 1. The summed E-state index contributed by atoms with van der Waals surface area (Å²) < 4.78 is 11.1. The molecule has 1 heterocycles. The van der Waals surface area contributed by atoms with Crippen LogP contribution in [0.2, 0.25) is 0 Å². The highest BCUT2D eigenvalue weighted by Gasteiger charge is 2.13. The summed E-state index contributed by atoms with van der Waals surface area (Å²) in [6.45, 7) is 4.35. The maximum Gasteiger partial charge on any atom is 0.251 e. The standard InChI is InChI=1S/C15H19NO4/c1-10(2)20-14-9-11(15(18)16-5-3-6-17)8-13-12(14)4-7-19-13/h4,7-10,17H,3,5-6H2,1-2H3,(H,16,18). The molecule has 0 saturated carbocycles. The Hall–Kier alpha value is -2.01. The van der Waals surface area contributed by atoms with Gasteiger partial charge in [0.15, 0.2) is 0 Å². The maximum absolute atomic E-state index is 12.0. The first kappa shape index (κ1) is 14.4. The van der Waals surface area contributed by atoms with Gasteiger partial charge in [0.2, 0.25) is 0 Å². The van der Waals surface area contributed by atoms with Gasteiger partial charge in [0.25, 0.3) is 5.91 Å². The quantitative estimate of drug-likeness (QED) is 0.795. The van der Waals surface area contributed by atoms with Gasteiger partial charge in [-0.25, -0.2) is 0 Å². The molecular weight excluding hydrogens is 258 g/mol. The zero-order chi connectivity index (χ0) is 14.5. The second kappa shape index (κ2) is 6.43. The molecule has 0 atom stereocenters. The smallest absolute Gasteiger partial charge is 0.251 e. The van der Waals surface area contributed by atoms with E-state index in [1.165, 1.54) is 0 Å². The van der Waals surface area contributed by atoms with E-state index in [1.807, 2.05) is 19.9 Å². The Morgan fingerprint density at radius 2 is 2.25 bits per heavy atom. The highest BCUT2D eigenvalue weighted by atomic mass is 16.5. The van der Waals surface area contributed by atoms with Crippen molar-refractivity contribution < 1.29 is 19.1 Å². The van der Waals surface area contributed by atoms with Crippen LogP contribution in [0, 0.1) is 0 Å². The topological polar surface area (TPSA) is 71.7 Å². The fraction of sp³-hybridized carbons (Fsp3) is 0.400. The molecule has 2 rings (SSSR count). The van der Waals surface area contributed by atoms with Gasteiger partial charge < -0.3 is 19.6 Å². The number of aliphatic hydroxyl groups is 1. The Bertz CT molecular complexity index is 589. The van der Waals surface area contributed by atoms with Crippen molar-refractivity contribution in [2.24, 2.45) is 0 Å². The molecule has 0 saturated heterocycles. The first-order valence-electron chi connectivity index (χ1n) is 6.68. The zero-order valence-electron chi connectivity index (χ0n) is 11.7. The van der Waals surface area contributed by atoms with E-state index in [9.17, 15) is 4.79 Å². The van der Waals surface area contributed by atoms with Gasteiger partial charge in [-0.3, -0.25) is 4.79 Å². The molecule has 0 aliphatic rings. The minimum absolute atomic E-state index is 0.0146. The van der Waals surface area contributed by atoms with Crippen LogP contribution in [0.15, 0.2) is 28.9 Å². The van der Waals surface area contributed by atoms with Crippen molar-refractivity contribution in [2.45, 2.75) is 26.4 Å². The predicted molar refractivity (Wildman–Crippen MR) is 76.0 cm³/mol. The van der Waals surface area contributed by atoms with Crippen molar-refractivity contribution in [1.82, 2.24) is 5.32 Å². The summed E-state index contributed by atoms with van der Waals surface area (Å²) in [6.07, 6.45) is 2.12. The Balaban J connectivity index is 2.27. The monoisotopic (exact) mass is 277 g/mol. The third-order valence-corrected chi connectivity index (χ3v) is 2.78. The lowest BCUT2D eigenvalue weighted by atomic mass is 10.1. The molecule has 0 fully saturated rings. The van der Waals surface area contributed by atoms with Crippen LogP contribution in [0.5, 0.6) is 5.75 Å². The molecule has 5 heteroatoms. The van der Waals surface area contributed by atoms with Gasteiger partial charge in [-0.2, -0.15) is 0 Å². The van der Waals surface area contributed by atoms with E-state index in [0.717, 1.165) is 5.39 Å². The Labute approximate surface area is 117 Å². The molecule has 0 unspecified atom stereocenters. The number of furan rings is 1. The van der Waals surface area contributed by atoms with Gasteiger partial charge in [-0.1, -0.05) is 0 Å². The number of rotatable bonds is 6. The van der Waals surface area contributed by atoms with Crippen LogP contribution in [0.3, 0.4) is 0 Å². The molecule has 108 valence electrons. The van der Waals surface area contributed by atoms with E-state index < -0.39 is 0 Å². The van der Waals surface area contributed by atoms with Gasteiger partial charge in [-0.15, -0.1) is 0 Å². The normalized spacial score (nSPS) is 11.0. The molecule has 1 aromatic heterocycles. The van der Waals surface area contributed by atoms with Crippen LogP contribution < -0.4 is 10.1 Å². The van der Waals surface area contributed by atoms with E-state index in [2.05, 4.69) is 5.32 Å². The molecule has 0 aliphatic carbocycles. The largest absolute Gasteiger partial charge is 0.490 e. The molecule has 0 bridgehead atoms. The Morgan fingerprint density at radius 1 is 1.45 bits per heavy atom. The first-order valence-corrected chi connectivity index (χ1v) is 6.68. The average Bonchev–Trinajstić information content (AvgIpc) is 2.86. The lowest BCUT2D eigenvalue weighted by Gasteiger charge is -2.12. The summed E-state index contributed by atoms with van der Waals surface area (Å²) in [7, 11) is 0. The molecule has 5 nitrogen and oxygen atoms in total. The number of aliphatic hydroxyl groups excluding tert-OH is 1. The van der Waals surface area contributed by atoms with Crippen LogP contribution >= 0.6 is 0 Å². The van der Waals surface area contributed by atoms with E-state index in [4.69, 9.17) is 14.3 Å². The van der Waals surface area contributed by atoms with Crippen molar-refractivity contribution in [1.29, 1.82) is 0 Å². The van der Waals surface area contributed by atoms with E-state index in [1.54, 1.807) is 18.4 Å². The molecular formula is C15H19NO4. The average molecular weight is 277 g/mol. The summed E-state index contributed by atoms with van der Waals surface area (Å²) in [6, 6.07) is 5.23. The van der Waals surface area contributed by atoms with Crippen LogP contribution in [-0.2, 0) is 0 Å². The Morgan fingerprint density at radius 3 is 2.95 bits per heavy atom. The summed E-state index contributed by atoms with van der Waals surface area (Å²) in [5.74, 6) is 0.434. The van der Waals surface area contributed by atoms with Crippen molar-refractivity contribution in [3.8, 4) is 5.75 Å². The second-order valence-electron chi connectivity index (χ2n) is 4.81. The Kier molecular flexibility index (Phi) is 4.63. The number of carbonyl (C=O) groups is 1. The van der Waals surface area contributed by atoms with Crippen molar-refractivity contribution in [3.05, 3.63) is 30.0 Å². The van der Waals surface area contributed by atoms with E-state index in [0.29, 0.717) is 29.9 Å². The van der Waals surface area contributed by atoms with E-state index >= 15 is 0 Å². The molecule has 0 aliphatic heterocycles. The molecule has 20 heavy (non-hydrogen) atoms. The van der Waals surface area contributed by atoms with Crippen molar-refractivity contribution in [2.75, 3.05) is 13.2 Å². The number of carbonyl (C=O) groups excluding carboxylic acids is 1. The van der Waals surface area contributed by atoms with E-state index in [-0.39, 0.29) is 18.6 Å². The van der Waals surface area contributed by atoms with Crippen LogP contribution in [0.4, 0.5) is 0 Å². The number of amides is 1. The molecule has 2 aromatic rings. The highest BCUT2D eigenvalue weighted by molar-refractivity contribution is 5.99. The maximum atomic E-state index is 12.0. The number of fused-ring (bicyclic) bond motifs is 1. The number of hydrogen-bond donors (Lipinski definition) is 2. The summed E-state index contributed by atoms with van der Waals surface area (Å²) in [5.41, 5.74) is 1.11. The lowest BCUT2D eigenvalue weighted by Crippen LogP contribution is -2.25. The summed E-state index contributed by atoms with van der Waals surface area (Å²) in [4.78, 5) is 12.0. The van der Waals surface area contributed by atoms with Crippen LogP contribution in [0.25, 0.3) is 11.0 Å². The van der Waals surface area contributed by atoms with Gasteiger partial charge in [0.1, 0.15) is 11.3 Å². The number of hydrogen-bond acceptors (Lipinski definition) is 4. The number of benzene rings is 1.